The van der Waals surface area contributed by atoms with E-state index in [4.69, 9.17) is 0 Å². The number of amides is 3. The number of nitrogens with zero attached hydrogens (tertiary/aromatic N) is 2. The first kappa shape index (κ1) is 20.6. The third kappa shape index (κ3) is 2.39. The maximum absolute atomic E-state index is 13.6. The highest BCUT2D eigenvalue weighted by molar-refractivity contribution is 6.03. The largest absolute Gasteiger partial charge is 0.342 e. The quantitative estimate of drug-likeness (QED) is 0.778. The van der Waals surface area contributed by atoms with Crippen LogP contribution in [-0.2, 0) is 19.8 Å². The normalized spacial score (nSPS) is 30.1. The molecule has 3 aliphatic rings. The average molecular weight is 410 g/mol. The number of para-hydroxylation sites is 1. The summed E-state index contributed by atoms with van der Waals surface area (Å²) in [6, 6.07) is 6.69. The van der Waals surface area contributed by atoms with E-state index in [1.54, 1.807) is 9.80 Å². The van der Waals surface area contributed by atoms with Crippen LogP contribution < -0.4 is 10.2 Å². The molecule has 0 bridgehead atoms. The van der Waals surface area contributed by atoms with Crippen molar-refractivity contribution >= 4 is 23.4 Å². The van der Waals surface area contributed by atoms with Crippen molar-refractivity contribution in [3.8, 4) is 0 Å². The highest BCUT2D eigenvalue weighted by Gasteiger charge is 2.70. The minimum Gasteiger partial charge on any atom is -0.342 e. The Kier molecular flexibility index (Phi) is 4.60. The van der Waals surface area contributed by atoms with Crippen LogP contribution in [0, 0.1) is 11.3 Å². The smallest absolute Gasteiger partial charge is 0.247 e. The second-order valence-electron chi connectivity index (χ2n) is 9.60. The number of carbonyl (C=O) groups is 3. The Morgan fingerprint density at radius 2 is 2.00 bits per heavy atom. The van der Waals surface area contributed by atoms with Crippen molar-refractivity contribution < 1.29 is 14.4 Å². The van der Waals surface area contributed by atoms with Crippen LogP contribution in [0.1, 0.15) is 53.0 Å². The van der Waals surface area contributed by atoms with Crippen molar-refractivity contribution in [2.45, 2.75) is 71.1 Å². The Morgan fingerprint density at radius 3 is 2.60 bits per heavy atom. The molecular weight excluding hydrogens is 378 g/mol. The van der Waals surface area contributed by atoms with Gasteiger partial charge in [0.15, 0.2) is 0 Å². The van der Waals surface area contributed by atoms with Gasteiger partial charge in [-0.1, -0.05) is 58.9 Å². The van der Waals surface area contributed by atoms with Crippen molar-refractivity contribution in [1.82, 2.24) is 10.2 Å². The van der Waals surface area contributed by atoms with E-state index in [1.807, 2.05) is 51.1 Å². The van der Waals surface area contributed by atoms with Crippen LogP contribution in [0.25, 0.3) is 0 Å². The van der Waals surface area contributed by atoms with Gasteiger partial charge in [0.2, 0.25) is 17.7 Å². The number of piperazine rings is 1. The summed E-state index contributed by atoms with van der Waals surface area (Å²) in [6.45, 7) is 14.0. The van der Waals surface area contributed by atoms with Crippen LogP contribution >= 0.6 is 0 Å². The predicted octanol–water partition coefficient (Wildman–Crippen LogP) is 2.97. The molecule has 1 aromatic carbocycles. The molecule has 3 amide bonds. The highest BCUT2D eigenvalue weighted by atomic mass is 16.2. The Bertz CT molecular complexity index is 937. The summed E-state index contributed by atoms with van der Waals surface area (Å²) < 4.78 is 0. The zero-order valence-electron chi connectivity index (χ0n) is 18.4. The van der Waals surface area contributed by atoms with Gasteiger partial charge in [0.25, 0.3) is 0 Å². The van der Waals surface area contributed by atoms with Gasteiger partial charge in [0, 0.05) is 17.5 Å². The van der Waals surface area contributed by atoms with Crippen molar-refractivity contribution in [3.05, 3.63) is 42.5 Å². The number of nitrogens with one attached hydrogen (secondary N) is 1. The van der Waals surface area contributed by atoms with Gasteiger partial charge in [-0.2, -0.15) is 0 Å². The summed E-state index contributed by atoms with van der Waals surface area (Å²) >= 11 is 0. The molecule has 0 aliphatic carbocycles. The lowest BCUT2D eigenvalue weighted by Gasteiger charge is -2.46. The topological polar surface area (TPSA) is 69.7 Å². The Balaban J connectivity index is 2.00. The van der Waals surface area contributed by atoms with Crippen molar-refractivity contribution in [1.29, 1.82) is 0 Å². The molecule has 30 heavy (non-hydrogen) atoms. The van der Waals surface area contributed by atoms with Crippen LogP contribution in [0.4, 0.5) is 5.69 Å². The van der Waals surface area contributed by atoms with Gasteiger partial charge in [-0.05, 0) is 29.4 Å². The maximum atomic E-state index is 13.6. The van der Waals surface area contributed by atoms with E-state index < -0.39 is 29.1 Å². The first-order valence-corrected chi connectivity index (χ1v) is 10.8. The summed E-state index contributed by atoms with van der Waals surface area (Å²) in [6.07, 6.45) is 2.14. The third-order valence-electron chi connectivity index (χ3n) is 7.46. The van der Waals surface area contributed by atoms with Gasteiger partial charge in [0.1, 0.15) is 18.2 Å². The Morgan fingerprint density at radius 1 is 1.33 bits per heavy atom. The molecule has 6 heteroatoms. The molecule has 2 fully saturated rings. The molecule has 0 unspecified atom stereocenters. The van der Waals surface area contributed by atoms with E-state index >= 15 is 0 Å². The molecule has 0 aromatic heterocycles. The molecule has 0 radical (unpaired) electrons. The summed E-state index contributed by atoms with van der Waals surface area (Å²) in [5.74, 6) is -0.329. The zero-order valence-corrected chi connectivity index (χ0v) is 18.4. The molecule has 0 spiro atoms. The SMILES string of the molecule is C=CC(C)(C)[C@@]12C[C@H]3C(=O)N[C@@H](C(C)C)C(=O)N3[C@@H]1N(C(=O)CC)c1ccccc12. The molecule has 4 rings (SSSR count). The molecule has 2 saturated heterocycles. The average Bonchev–Trinajstić information content (AvgIpc) is 3.22. The number of hydrogen-bond donors (Lipinski definition) is 1. The lowest BCUT2D eigenvalue weighted by molar-refractivity contribution is -0.151. The minimum atomic E-state index is -0.611. The number of fused-ring (bicyclic) bond motifs is 5. The number of anilines is 1. The summed E-state index contributed by atoms with van der Waals surface area (Å²) in [5, 5.41) is 2.94. The van der Waals surface area contributed by atoms with Gasteiger partial charge in [-0.15, -0.1) is 6.58 Å². The van der Waals surface area contributed by atoms with Crippen LogP contribution in [0.15, 0.2) is 36.9 Å². The second kappa shape index (κ2) is 6.69. The van der Waals surface area contributed by atoms with E-state index in [0.717, 1.165) is 11.3 Å². The lowest BCUT2D eigenvalue weighted by Crippen LogP contribution is -2.67. The van der Waals surface area contributed by atoms with E-state index in [2.05, 4.69) is 25.7 Å². The molecule has 1 N–H and O–H groups in total. The van der Waals surface area contributed by atoms with Crippen molar-refractivity contribution in [2.24, 2.45) is 11.3 Å². The van der Waals surface area contributed by atoms with Gasteiger partial charge >= 0.3 is 0 Å². The van der Waals surface area contributed by atoms with Crippen molar-refractivity contribution in [3.63, 3.8) is 0 Å². The standard InChI is InChI=1S/C24H31N3O3/c1-7-18(28)26-16-12-10-9-11-15(16)24(23(5,6)8-2)13-17-20(29)25-19(14(3)4)21(30)27(17)22(24)26/h8-12,14,17,19,22H,2,7,13H2,1,3-6H3,(H,25,29)/t17-,19-,22-,24+/m0/s1. The minimum absolute atomic E-state index is 0.0380. The summed E-state index contributed by atoms with van der Waals surface area (Å²) in [7, 11) is 0. The zero-order chi connectivity index (χ0) is 22.0. The Labute approximate surface area is 178 Å². The first-order chi connectivity index (χ1) is 14.1. The molecule has 160 valence electrons. The Hall–Kier alpha value is -2.63. The fourth-order valence-corrected chi connectivity index (χ4v) is 5.69. The number of rotatable bonds is 4. The fourth-order valence-electron chi connectivity index (χ4n) is 5.69. The summed E-state index contributed by atoms with van der Waals surface area (Å²) in [4.78, 5) is 43.5. The van der Waals surface area contributed by atoms with Gasteiger partial charge in [-0.3, -0.25) is 19.3 Å². The predicted molar refractivity (Wildman–Crippen MR) is 116 cm³/mol. The van der Waals surface area contributed by atoms with Gasteiger partial charge in [-0.25, -0.2) is 0 Å². The van der Waals surface area contributed by atoms with Gasteiger partial charge < -0.3 is 10.2 Å². The number of benzene rings is 1. The van der Waals surface area contributed by atoms with Crippen LogP contribution in [0.3, 0.4) is 0 Å². The number of allylic oxidation sites excluding steroid dienone is 1. The molecule has 1 aromatic rings. The highest BCUT2D eigenvalue weighted by Crippen LogP contribution is 2.62. The summed E-state index contributed by atoms with van der Waals surface area (Å²) in [5.41, 5.74) is 0.780. The molecule has 4 atom stereocenters. The second-order valence-corrected chi connectivity index (χ2v) is 9.60. The van der Waals surface area contributed by atoms with Crippen LogP contribution in [-0.4, -0.2) is 40.9 Å². The van der Waals surface area contributed by atoms with Crippen LogP contribution in [0.2, 0.25) is 0 Å². The van der Waals surface area contributed by atoms with E-state index in [0.29, 0.717) is 12.8 Å². The van der Waals surface area contributed by atoms with Crippen LogP contribution in [0.5, 0.6) is 0 Å². The van der Waals surface area contributed by atoms with Gasteiger partial charge in [0.05, 0.1) is 0 Å². The maximum Gasteiger partial charge on any atom is 0.247 e. The van der Waals surface area contributed by atoms with E-state index in [1.165, 1.54) is 0 Å². The number of hydrogen-bond acceptors (Lipinski definition) is 3. The van der Waals surface area contributed by atoms with E-state index in [9.17, 15) is 14.4 Å². The van der Waals surface area contributed by atoms with Crippen molar-refractivity contribution in [2.75, 3.05) is 4.90 Å². The fraction of sp³-hybridized carbons (Fsp3) is 0.542. The molecule has 6 nitrogen and oxygen atoms in total. The first-order valence-electron chi connectivity index (χ1n) is 10.8. The van der Waals surface area contributed by atoms with E-state index in [-0.39, 0.29) is 23.6 Å². The molecule has 0 saturated carbocycles. The number of carbonyl (C=O) groups excluding carboxylic acids is 3. The third-order valence-corrected chi connectivity index (χ3v) is 7.46. The molecule has 3 heterocycles. The molecule has 3 aliphatic heterocycles. The lowest BCUT2D eigenvalue weighted by atomic mass is 9.60. The monoisotopic (exact) mass is 409 g/mol. The molecular formula is C24H31N3O3.